The fourth-order valence-electron chi connectivity index (χ4n) is 1.91. The Morgan fingerprint density at radius 1 is 1.47 bits per heavy atom. The summed E-state index contributed by atoms with van der Waals surface area (Å²) in [6.45, 7) is 7.40. The normalized spacial score (nSPS) is 12.9. The first kappa shape index (κ1) is 12.3. The molecule has 0 saturated carbocycles. The summed E-state index contributed by atoms with van der Waals surface area (Å²) >= 11 is 1.77. The van der Waals surface area contributed by atoms with Crippen LogP contribution in [0.4, 0.5) is 0 Å². The van der Waals surface area contributed by atoms with Crippen LogP contribution in [0.2, 0.25) is 0 Å². The molecule has 2 aromatic heterocycles. The monoisotopic (exact) mass is 249 g/mol. The largest absolute Gasteiger partial charge is 0.333 e. The zero-order chi connectivity index (χ0) is 12.4. The Morgan fingerprint density at radius 3 is 2.82 bits per heavy atom. The maximum Gasteiger partial charge on any atom is 0.131 e. The molecule has 2 aromatic rings. The summed E-state index contributed by atoms with van der Waals surface area (Å²) in [4.78, 5) is 6.93. The molecule has 0 radical (unpaired) electrons. The van der Waals surface area contributed by atoms with Gasteiger partial charge in [-0.05, 0) is 31.9 Å². The maximum atomic E-state index is 6.30. The summed E-state index contributed by atoms with van der Waals surface area (Å²) in [6, 6.07) is 2.07. The van der Waals surface area contributed by atoms with Crippen molar-refractivity contribution in [3.8, 4) is 0 Å². The lowest BCUT2D eigenvalue weighted by Crippen LogP contribution is -2.16. The molecule has 0 amide bonds. The van der Waals surface area contributed by atoms with Crippen LogP contribution in [-0.2, 0) is 6.54 Å². The highest BCUT2D eigenvalue weighted by atomic mass is 32.1. The lowest BCUT2D eigenvalue weighted by molar-refractivity contribution is 0.616. The number of nitrogens with two attached hydrogens (primary N) is 1. The third kappa shape index (κ3) is 2.42. The minimum absolute atomic E-state index is 0.103. The lowest BCUT2D eigenvalue weighted by Gasteiger charge is -2.12. The van der Waals surface area contributed by atoms with Crippen LogP contribution < -0.4 is 5.73 Å². The van der Waals surface area contributed by atoms with Gasteiger partial charge in [0.05, 0.1) is 6.04 Å². The Bertz CT molecular complexity index is 479. The molecule has 0 aliphatic rings. The van der Waals surface area contributed by atoms with E-state index < -0.39 is 0 Å². The fourth-order valence-corrected chi connectivity index (χ4v) is 2.95. The molecule has 1 atom stereocenters. The van der Waals surface area contributed by atoms with E-state index in [1.54, 1.807) is 11.3 Å². The van der Waals surface area contributed by atoms with Gasteiger partial charge < -0.3 is 10.3 Å². The lowest BCUT2D eigenvalue weighted by atomic mass is 10.2. The zero-order valence-electron chi connectivity index (χ0n) is 10.6. The number of aryl methyl sites for hydroxylation is 3. The molecule has 2 N–H and O–H groups in total. The third-order valence-corrected chi connectivity index (χ3v) is 4.22. The molecule has 0 aliphatic heterocycles. The summed E-state index contributed by atoms with van der Waals surface area (Å²) in [5.74, 6) is 0.966. The summed E-state index contributed by atoms with van der Waals surface area (Å²) in [6.07, 6.45) is 4.93. The van der Waals surface area contributed by atoms with Crippen LogP contribution in [-0.4, -0.2) is 9.55 Å². The molecular formula is C13H19N3S. The van der Waals surface area contributed by atoms with Gasteiger partial charge in [-0.25, -0.2) is 4.98 Å². The number of imidazole rings is 1. The van der Waals surface area contributed by atoms with Gasteiger partial charge in [-0.1, -0.05) is 6.92 Å². The van der Waals surface area contributed by atoms with Crippen LogP contribution in [0.15, 0.2) is 18.5 Å². The van der Waals surface area contributed by atoms with Crippen molar-refractivity contribution in [3.05, 3.63) is 39.6 Å². The van der Waals surface area contributed by atoms with E-state index in [0.717, 1.165) is 18.8 Å². The zero-order valence-corrected chi connectivity index (χ0v) is 11.4. The van der Waals surface area contributed by atoms with Gasteiger partial charge in [0.25, 0.3) is 0 Å². The highest BCUT2D eigenvalue weighted by Gasteiger charge is 2.17. The van der Waals surface area contributed by atoms with E-state index in [1.807, 2.05) is 12.4 Å². The minimum Gasteiger partial charge on any atom is -0.333 e. The Hall–Kier alpha value is -1.13. The maximum absolute atomic E-state index is 6.30. The number of thiophene rings is 1. The van der Waals surface area contributed by atoms with Gasteiger partial charge in [0, 0.05) is 28.7 Å². The third-order valence-electron chi connectivity index (χ3n) is 2.98. The van der Waals surface area contributed by atoms with Crippen molar-refractivity contribution in [2.24, 2.45) is 5.73 Å². The number of nitrogens with zero attached hydrogens (tertiary/aromatic N) is 2. The minimum atomic E-state index is -0.103. The topological polar surface area (TPSA) is 43.8 Å². The van der Waals surface area contributed by atoms with Gasteiger partial charge >= 0.3 is 0 Å². The first-order valence-corrected chi connectivity index (χ1v) is 6.78. The van der Waals surface area contributed by atoms with Crippen molar-refractivity contribution >= 4 is 11.3 Å². The Labute approximate surface area is 106 Å². The summed E-state index contributed by atoms with van der Waals surface area (Å²) in [5.41, 5.74) is 7.62. The molecule has 2 heterocycles. The molecule has 2 rings (SSSR count). The molecule has 0 spiro atoms. The molecule has 1 unspecified atom stereocenters. The van der Waals surface area contributed by atoms with E-state index in [9.17, 15) is 0 Å². The van der Waals surface area contributed by atoms with Gasteiger partial charge in [-0.3, -0.25) is 0 Å². The van der Waals surface area contributed by atoms with Crippen molar-refractivity contribution in [1.29, 1.82) is 0 Å². The van der Waals surface area contributed by atoms with Crippen LogP contribution in [0.25, 0.3) is 0 Å². The second kappa shape index (κ2) is 5.02. The van der Waals surface area contributed by atoms with Gasteiger partial charge in [0.1, 0.15) is 5.82 Å². The Kier molecular flexibility index (Phi) is 3.64. The van der Waals surface area contributed by atoms with Crippen LogP contribution in [0.1, 0.15) is 40.5 Å². The fraction of sp³-hybridized carbons (Fsp3) is 0.462. The second-order valence-corrected chi connectivity index (χ2v) is 5.63. The molecule has 0 fully saturated rings. The van der Waals surface area contributed by atoms with Gasteiger partial charge in [-0.15, -0.1) is 11.3 Å². The smallest absolute Gasteiger partial charge is 0.131 e. The van der Waals surface area contributed by atoms with Crippen molar-refractivity contribution in [2.75, 3.05) is 0 Å². The van der Waals surface area contributed by atoms with E-state index in [0.29, 0.717) is 0 Å². The van der Waals surface area contributed by atoms with E-state index in [-0.39, 0.29) is 6.04 Å². The van der Waals surface area contributed by atoms with Gasteiger partial charge in [0.2, 0.25) is 0 Å². The molecule has 3 nitrogen and oxygen atoms in total. The average Bonchev–Trinajstić information content (AvgIpc) is 2.87. The summed E-state index contributed by atoms with van der Waals surface area (Å²) < 4.78 is 2.15. The molecule has 0 aliphatic carbocycles. The average molecular weight is 249 g/mol. The molecule has 17 heavy (non-hydrogen) atoms. The Morgan fingerprint density at radius 2 is 2.24 bits per heavy atom. The Balaban J connectivity index is 2.29. The van der Waals surface area contributed by atoms with Crippen LogP contribution >= 0.6 is 11.3 Å². The summed E-state index contributed by atoms with van der Waals surface area (Å²) in [5, 5.41) is 0. The number of aromatic nitrogens is 2. The van der Waals surface area contributed by atoms with Gasteiger partial charge in [-0.2, -0.15) is 0 Å². The number of hydrogen-bond donors (Lipinski definition) is 1. The van der Waals surface area contributed by atoms with Crippen molar-refractivity contribution < 1.29 is 0 Å². The van der Waals surface area contributed by atoms with E-state index in [1.165, 1.54) is 15.3 Å². The molecule has 0 saturated heterocycles. The second-order valence-electron chi connectivity index (χ2n) is 4.34. The molecule has 92 valence electrons. The first-order valence-electron chi connectivity index (χ1n) is 5.97. The predicted octanol–water partition coefficient (Wildman–Crippen LogP) is 3.02. The first-order chi connectivity index (χ1) is 8.13. The number of rotatable bonds is 4. The van der Waals surface area contributed by atoms with E-state index >= 15 is 0 Å². The molecular weight excluding hydrogens is 230 g/mol. The highest BCUT2D eigenvalue weighted by Crippen LogP contribution is 2.28. The molecule has 0 bridgehead atoms. The number of hydrogen-bond acceptors (Lipinski definition) is 3. The summed E-state index contributed by atoms with van der Waals surface area (Å²) in [7, 11) is 0. The highest BCUT2D eigenvalue weighted by molar-refractivity contribution is 7.12. The van der Waals surface area contributed by atoms with Crippen LogP contribution in [0.5, 0.6) is 0 Å². The van der Waals surface area contributed by atoms with Crippen molar-refractivity contribution in [1.82, 2.24) is 9.55 Å². The standard InChI is InChI=1S/C13H19N3S/c1-4-6-16-7-5-15-13(16)12(14)11-8-9(2)10(3)17-11/h5,7-8,12H,4,6,14H2,1-3H3. The SMILES string of the molecule is CCCn1ccnc1C(N)c1cc(C)c(C)s1. The van der Waals surface area contributed by atoms with Crippen LogP contribution in [0.3, 0.4) is 0 Å². The van der Waals surface area contributed by atoms with E-state index in [4.69, 9.17) is 5.73 Å². The van der Waals surface area contributed by atoms with Crippen molar-refractivity contribution in [3.63, 3.8) is 0 Å². The molecule has 4 heteroatoms. The predicted molar refractivity (Wildman–Crippen MR) is 72.3 cm³/mol. The molecule has 0 aromatic carbocycles. The van der Waals surface area contributed by atoms with Crippen molar-refractivity contribution in [2.45, 2.75) is 39.8 Å². The van der Waals surface area contributed by atoms with Gasteiger partial charge in [0.15, 0.2) is 0 Å². The van der Waals surface area contributed by atoms with E-state index in [2.05, 4.69) is 36.4 Å². The quantitative estimate of drug-likeness (QED) is 0.905. The van der Waals surface area contributed by atoms with Crippen LogP contribution in [0, 0.1) is 13.8 Å².